The summed E-state index contributed by atoms with van der Waals surface area (Å²) in [6, 6.07) is 10.9. The number of aromatic carboxylic acids is 1. The fraction of sp³-hybridized carbons (Fsp3) is 0.105. The molecule has 3 rings (SSSR count). The topological polar surface area (TPSA) is 129 Å². The van der Waals surface area contributed by atoms with E-state index in [9.17, 15) is 24.6 Å². The number of phenolic OH excluding ortho intramolecular Hbond substituents is 1. The number of amides is 1. The number of phenols is 2. The van der Waals surface area contributed by atoms with Crippen LogP contribution in [0.1, 0.15) is 16.8 Å². The highest BCUT2D eigenvalue weighted by Gasteiger charge is 2.18. The second kappa shape index (κ2) is 7.20. The number of rotatable bonds is 5. The van der Waals surface area contributed by atoms with Crippen molar-refractivity contribution in [1.29, 1.82) is 0 Å². The van der Waals surface area contributed by atoms with E-state index in [1.54, 1.807) is 24.4 Å². The number of nitrogens with one attached hydrogen (secondary N) is 1. The van der Waals surface area contributed by atoms with Gasteiger partial charge in [0.05, 0.1) is 0 Å². The van der Waals surface area contributed by atoms with E-state index in [1.165, 1.54) is 4.57 Å². The van der Waals surface area contributed by atoms with Crippen molar-refractivity contribution in [3.05, 3.63) is 64.6 Å². The molecule has 27 heavy (non-hydrogen) atoms. The number of nitrogens with zero attached hydrogens (tertiary/aromatic N) is 1. The molecule has 0 saturated heterocycles. The molecule has 138 valence electrons. The summed E-state index contributed by atoms with van der Waals surface area (Å²) in [6.45, 7) is 0.0790. The number of hydrogen-bond donors (Lipinski definition) is 4. The maximum absolute atomic E-state index is 12.4. The second-order valence-electron chi connectivity index (χ2n) is 5.86. The van der Waals surface area contributed by atoms with Crippen LogP contribution in [0.3, 0.4) is 0 Å². The predicted molar refractivity (Wildman–Crippen MR) is 98.2 cm³/mol. The number of pyridine rings is 1. The highest BCUT2D eigenvalue weighted by Crippen LogP contribution is 2.36. The van der Waals surface area contributed by atoms with Crippen LogP contribution in [-0.2, 0) is 11.3 Å². The Morgan fingerprint density at radius 1 is 1.04 bits per heavy atom. The molecule has 0 aliphatic carbocycles. The number of carbonyl (C=O) groups is 2. The van der Waals surface area contributed by atoms with Gasteiger partial charge in [0.25, 0.3) is 5.56 Å². The Hall–Kier alpha value is -3.81. The largest absolute Gasteiger partial charge is 0.506 e. The van der Waals surface area contributed by atoms with Gasteiger partial charge < -0.3 is 25.2 Å². The van der Waals surface area contributed by atoms with Gasteiger partial charge in [0, 0.05) is 24.5 Å². The summed E-state index contributed by atoms with van der Waals surface area (Å²) < 4.78 is 1.38. The molecule has 0 spiro atoms. The van der Waals surface area contributed by atoms with Gasteiger partial charge in [-0.3, -0.25) is 9.59 Å². The molecule has 1 aromatic heterocycles. The molecule has 0 bridgehead atoms. The Morgan fingerprint density at radius 2 is 1.78 bits per heavy atom. The molecule has 0 radical (unpaired) electrons. The monoisotopic (exact) mass is 368 g/mol. The number of fused-ring (bicyclic) bond motifs is 1. The van der Waals surface area contributed by atoms with Crippen LogP contribution in [0.4, 0.5) is 5.69 Å². The van der Waals surface area contributed by atoms with Crippen LogP contribution in [-0.4, -0.2) is 31.8 Å². The third-order valence-electron chi connectivity index (χ3n) is 4.12. The Labute approximate surface area is 152 Å². The van der Waals surface area contributed by atoms with Gasteiger partial charge in [-0.1, -0.05) is 18.2 Å². The molecule has 2 aromatic carbocycles. The third-order valence-corrected chi connectivity index (χ3v) is 4.12. The minimum absolute atomic E-state index is 0.0790. The lowest BCUT2D eigenvalue weighted by Gasteiger charge is -2.12. The quantitative estimate of drug-likeness (QED) is 0.511. The van der Waals surface area contributed by atoms with Crippen molar-refractivity contribution in [2.24, 2.45) is 0 Å². The number of benzene rings is 2. The van der Waals surface area contributed by atoms with E-state index in [4.69, 9.17) is 5.11 Å². The van der Waals surface area contributed by atoms with Crippen molar-refractivity contribution in [2.75, 3.05) is 5.32 Å². The third kappa shape index (κ3) is 3.59. The van der Waals surface area contributed by atoms with E-state index >= 15 is 0 Å². The zero-order chi connectivity index (χ0) is 19.6. The van der Waals surface area contributed by atoms with E-state index in [0.717, 1.165) is 17.5 Å². The highest BCUT2D eigenvalue weighted by atomic mass is 16.4. The number of aromatic hydroxyl groups is 2. The molecule has 8 nitrogen and oxygen atoms in total. The van der Waals surface area contributed by atoms with Gasteiger partial charge in [-0.25, -0.2) is 4.79 Å². The summed E-state index contributed by atoms with van der Waals surface area (Å²) in [5.74, 6) is -3.19. The van der Waals surface area contributed by atoms with Crippen molar-refractivity contribution in [3.8, 4) is 11.5 Å². The van der Waals surface area contributed by atoms with Crippen LogP contribution >= 0.6 is 0 Å². The van der Waals surface area contributed by atoms with Crippen molar-refractivity contribution < 1.29 is 24.9 Å². The first-order valence-corrected chi connectivity index (χ1v) is 8.04. The summed E-state index contributed by atoms with van der Waals surface area (Å²) in [7, 11) is 0. The van der Waals surface area contributed by atoms with Crippen molar-refractivity contribution in [3.63, 3.8) is 0 Å². The Kier molecular flexibility index (Phi) is 4.80. The molecule has 8 heteroatoms. The van der Waals surface area contributed by atoms with Gasteiger partial charge in [0.2, 0.25) is 5.91 Å². The van der Waals surface area contributed by atoms with E-state index in [0.29, 0.717) is 5.39 Å². The molecular weight excluding hydrogens is 352 g/mol. The normalized spacial score (nSPS) is 10.7. The minimum Gasteiger partial charge on any atom is -0.506 e. The predicted octanol–water partition coefficient (Wildman–Crippen LogP) is 2.14. The maximum atomic E-state index is 12.4. The number of carboxylic acid groups (broad SMARTS) is 1. The zero-order valence-corrected chi connectivity index (χ0v) is 14.0. The van der Waals surface area contributed by atoms with Crippen molar-refractivity contribution >= 4 is 28.3 Å². The Bertz CT molecular complexity index is 1100. The summed E-state index contributed by atoms with van der Waals surface area (Å²) in [5.41, 5.74) is -1.07. The molecule has 1 amide bonds. The van der Waals surface area contributed by atoms with Gasteiger partial charge in [0.1, 0.15) is 17.0 Å². The van der Waals surface area contributed by atoms with Crippen LogP contribution in [0.25, 0.3) is 10.8 Å². The van der Waals surface area contributed by atoms with Crippen LogP contribution in [0.2, 0.25) is 0 Å². The number of carbonyl (C=O) groups excluding carboxylic acids is 1. The molecule has 0 unspecified atom stereocenters. The number of hydrogen-bond acceptors (Lipinski definition) is 5. The van der Waals surface area contributed by atoms with Crippen molar-refractivity contribution in [2.45, 2.75) is 13.0 Å². The molecule has 0 aliphatic heterocycles. The zero-order valence-electron chi connectivity index (χ0n) is 14.0. The SMILES string of the molecule is O=C(CCn1ccc2ccccc2c1=O)Nc1c(O)ccc(C(=O)O)c1O. The van der Waals surface area contributed by atoms with Crippen LogP contribution < -0.4 is 10.9 Å². The average molecular weight is 368 g/mol. The lowest BCUT2D eigenvalue weighted by atomic mass is 10.1. The molecule has 0 aliphatic rings. The number of aromatic nitrogens is 1. The minimum atomic E-state index is -1.40. The lowest BCUT2D eigenvalue weighted by molar-refractivity contribution is -0.116. The van der Waals surface area contributed by atoms with Crippen LogP contribution in [0.5, 0.6) is 11.5 Å². The summed E-state index contributed by atoms with van der Waals surface area (Å²) >= 11 is 0. The number of anilines is 1. The standard InChI is InChI=1S/C19H16N2O6/c22-14-6-5-13(19(26)27)17(24)16(14)20-15(23)8-10-21-9-7-11-3-1-2-4-12(11)18(21)25/h1-7,9,22,24H,8,10H2,(H,20,23)(H,26,27). The lowest BCUT2D eigenvalue weighted by Crippen LogP contribution is -2.23. The van der Waals surface area contributed by atoms with Gasteiger partial charge in [-0.2, -0.15) is 0 Å². The van der Waals surface area contributed by atoms with E-state index < -0.39 is 28.9 Å². The molecule has 4 N–H and O–H groups in total. The molecular formula is C19H16N2O6. The van der Waals surface area contributed by atoms with E-state index in [2.05, 4.69) is 5.32 Å². The van der Waals surface area contributed by atoms with E-state index in [1.807, 2.05) is 12.1 Å². The Morgan fingerprint density at radius 3 is 2.52 bits per heavy atom. The molecule has 0 fully saturated rings. The summed E-state index contributed by atoms with van der Waals surface area (Å²) in [5, 5.41) is 32.3. The summed E-state index contributed by atoms with van der Waals surface area (Å²) in [4.78, 5) is 35.6. The molecule has 0 saturated carbocycles. The van der Waals surface area contributed by atoms with Gasteiger partial charge in [-0.15, -0.1) is 0 Å². The van der Waals surface area contributed by atoms with Crippen LogP contribution in [0.15, 0.2) is 53.5 Å². The fourth-order valence-electron chi connectivity index (χ4n) is 2.71. The highest BCUT2D eigenvalue weighted by molar-refractivity contribution is 5.99. The fourth-order valence-corrected chi connectivity index (χ4v) is 2.71. The number of carboxylic acids is 1. The molecule has 3 aromatic rings. The maximum Gasteiger partial charge on any atom is 0.339 e. The van der Waals surface area contributed by atoms with E-state index in [-0.39, 0.29) is 24.2 Å². The van der Waals surface area contributed by atoms with Gasteiger partial charge in [0.15, 0.2) is 5.75 Å². The van der Waals surface area contributed by atoms with Gasteiger partial charge in [-0.05, 0) is 29.7 Å². The second-order valence-corrected chi connectivity index (χ2v) is 5.86. The first-order chi connectivity index (χ1) is 12.9. The summed E-state index contributed by atoms with van der Waals surface area (Å²) in [6.07, 6.45) is 1.46. The van der Waals surface area contributed by atoms with Gasteiger partial charge >= 0.3 is 5.97 Å². The Balaban J connectivity index is 1.76. The smallest absolute Gasteiger partial charge is 0.339 e. The van der Waals surface area contributed by atoms with Crippen molar-refractivity contribution in [1.82, 2.24) is 4.57 Å². The first kappa shape index (κ1) is 18.0. The average Bonchev–Trinajstić information content (AvgIpc) is 2.64. The first-order valence-electron chi connectivity index (χ1n) is 8.04. The molecule has 1 heterocycles. The number of aryl methyl sites for hydroxylation is 1. The van der Waals surface area contributed by atoms with Crippen LogP contribution in [0, 0.1) is 0 Å². The molecule has 0 atom stereocenters.